The number of Topliss-reactive ketones (excluding diaryl/α,β-unsaturated/α-hetero) is 1. The van der Waals surface area contributed by atoms with Crippen LogP contribution in [-0.4, -0.2) is 59.8 Å². The Balaban J connectivity index is 1.45. The van der Waals surface area contributed by atoms with Gasteiger partial charge in [0.05, 0.1) is 36.1 Å². The van der Waals surface area contributed by atoms with Crippen molar-refractivity contribution in [2.75, 3.05) is 6.61 Å². The van der Waals surface area contributed by atoms with Gasteiger partial charge in [-0.15, -0.1) is 0 Å². The van der Waals surface area contributed by atoms with Crippen LogP contribution in [0.1, 0.15) is 65.5 Å². The van der Waals surface area contributed by atoms with Gasteiger partial charge in [-0.25, -0.2) is 4.79 Å². The van der Waals surface area contributed by atoms with E-state index in [-0.39, 0.29) is 30.7 Å². The summed E-state index contributed by atoms with van der Waals surface area (Å²) < 4.78 is 35.7. The predicted molar refractivity (Wildman–Crippen MR) is 125 cm³/mol. The average molecular weight is 529 g/mol. The molecule has 204 valence electrons. The number of hydrogen-bond acceptors (Lipinski definition) is 10. The molecule has 4 saturated heterocycles. The zero-order chi connectivity index (χ0) is 27.0. The van der Waals surface area contributed by atoms with E-state index >= 15 is 0 Å². The fourth-order valence-electron chi connectivity index (χ4n) is 9.78. The van der Waals surface area contributed by atoms with Crippen LogP contribution in [0.5, 0.6) is 0 Å². The van der Waals surface area contributed by atoms with E-state index in [1.54, 1.807) is 12.3 Å². The lowest BCUT2D eigenvalue weighted by atomic mass is 9.36. The molecule has 10 atom stereocenters. The van der Waals surface area contributed by atoms with Crippen molar-refractivity contribution in [3.63, 3.8) is 0 Å². The molecule has 0 radical (unpaired) electrons. The van der Waals surface area contributed by atoms with Gasteiger partial charge in [-0.2, -0.15) is 0 Å². The van der Waals surface area contributed by atoms with Gasteiger partial charge >= 0.3 is 17.9 Å². The van der Waals surface area contributed by atoms with Gasteiger partial charge in [0.1, 0.15) is 18.3 Å². The van der Waals surface area contributed by atoms with Crippen molar-refractivity contribution in [2.24, 2.45) is 28.1 Å². The van der Waals surface area contributed by atoms with E-state index in [1.165, 1.54) is 13.2 Å². The van der Waals surface area contributed by atoms with Gasteiger partial charge in [-0.3, -0.25) is 14.4 Å². The maximum atomic E-state index is 14.8. The maximum absolute atomic E-state index is 14.8. The minimum atomic E-state index is -1.26. The third kappa shape index (κ3) is 2.48. The second-order valence-corrected chi connectivity index (χ2v) is 12.9. The molecule has 4 aliphatic heterocycles. The van der Waals surface area contributed by atoms with Gasteiger partial charge in [-0.1, -0.05) is 6.92 Å². The molecule has 2 unspecified atom stereocenters. The van der Waals surface area contributed by atoms with E-state index in [0.29, 0.717) is 18.4 Å². The summed E-state index contributed by atoms with van der Waals surface area (Å²) in [7, 11) is 0. The van der Waals surface area contributed by atoms with Crippen molar-refractivity contribution in [1.82, 2.24) is 0 Å². The molecule has 2 aliphatic carbocycles. The van der Waals surface area contributed by atoms with E-state index in [9.17, 15) is 19.2 Å². The van der Waals surface area contributed by atoms with Crippen LogP contribution in [0.3, 0.4) is 0 Å². The van der Waals surface area contributed by atoms with Crippen LogP contribution in [0.4, 0.5) is 0 Å². The molecule has 1 aromatic rings. The van der Waals surface area contributed by atoms with Gasteiger partial charge in [0.15, 0.2) is 18.0 Å². The van der Waals surface area contributed by atoms with Crippen LogP contribution in [0, 0.1) is 28.1 Å². The van der Waals surface area contributed by atoms with Crippen molar-refractivity contribution in [2.45, 2.75) is 89.5 Å². The quantitative estimate of drug-likeness (QED) is 0.321. The number of epoxide rings is 1. The maximum Gasteiger partial charge on any atom is 0.339 e. The Morgan fingerprint density at radius 3 is 2.53 bits per heavy atom. The number of hydrogen-bond donors (Lipinski definition) is 0. The van der Waals surface area contributed by atoms with Crippen molar-refractivity contribution in [1.29, 1.82) is 0 Å². The Morgan fingerprint density at radius 2 is 1.84 bits per heavy atom. The smallest absolute Gasteiger partial charge is 0.339 e. The van der Waals surface area contributed by atoms with Crippen molar-refractivity contribution in [3.8, 4) is 0 Å². The highest BCUT2D eigenvalue weighted by Crippen LogP contribution is 2.79. The second-order valence-electron chi connectivity index (χ2n) is 12.9. The number of ketones is 1. The highest BCUT2D eigenvalue weighted by Gasteiger charge is 2.91. The van der Waals surface area contributed by atoms with E-state index < -0.39 is 69.7 Å². The second kappa shape index (κ2) is 7.07. The van der Waals surface area contributed by atoms with E-state index in [4.69, 9.17) is 28.1 Å². The first-order valence-corrected chi connectivity index (χ1v) is 13.3. The average Bonchev–Trinajstić information content (AvgIpc) is 3.31. The molecule has 0 bridgehead atoms. The first-order valence-electron chi connectivity index (χ1n) is 13.3. The van der Waals surface area contributed by atoms with Gasteiger partial charge < -0.3 is 28.1 Å². The fraction of sp³-hybridized carbons (Fsp3) is 0.714. The molecule has 10 heteroatoms. The van der Waals surface area contributed by atoms with Crippen molar-refractivity contribution in [3.05, 3.63) is 24.2 Å². The van der Waals surface area contributed by atoms with Gasteiger partial charge in [0, 0.05) is 29.2 Å². The number of carbonyl (C=O) groups excluding carboxylic acids is 4. The molecular formula is C28H32O10. The summed E-state index contributed by atoms with van der Waals surface area (Å²) in [6, 6.07) is 1.76. The van der Waals surface area contributed by atoms with E-state index in [0.717, 1.165) is 0 Å². The Morgan fingerprint density at radius 1 is 1.08 bits per heavy atom. The van der Waals surface area contributed by atoms with Crippen LogP contribution in [0.15, 0.2) is 23.0 Å². The van der Waals surface area contributed by atoms with Gasteiger partial charge in [0.2, 0.25) is 0 Å². The van der Waals surface area contributed by atoms with E-state index in [1.807, 2.05) is 27.7 Å². The molecule has 0 amide bonds. The lowest BCUT2D eigenvalue weighted by Crippen LogP contribution is -2.76. The summed E-state index contributed by atoms with van der Waals surface area (Å²) in [5.41, 5.74) is -4.21. The number of esters is 3. The van der Waals surface area contributed by atoms with Crippen molar-refractivity contribution < 1.29 is 47.3 Å². The Labute approximate surface area is 219 Å². The van der Waals surface area contributed by atoms with Gasteiger partial charge in [-0.05, 0) is 45.6 Å². The fourth-order valence-corrected chi connectivity index (χ4v) is 9.78. The third-order valence-corrected chi connectivity index (χ3v) is 11.0. The van der Waals surface area contributed by atoms with Crippen LogP contribution in [0.2, 0.25) is 0 Å². The molecule has 1 aromatic heterocycles. The molecule has 10 nitrogen and oxygen atoms in total. The number of cyclic esters (lactones) is 2. The first-order chi connectivity index (χ1) is 17.8. The monoisotopic (exact) mass is 528 g/mol. The molecule has 6 aliphatic rings. The topological polar surface area (TPSA) is 131 Å². The van der Waals surface area contributed by atoms with Crippen molar-refractivity contribution >= 4 is 23.7 Å². The lowest BCUT2D eigenvalue weighted by molar-refractivity contribution is -0.240. The van der Waals surface area contributed by atoms with Crippen LogP contribution >= 0.6 is 0 Å². The molecular weight excluding hydrogens is 496 g/mol. The number of rotatable bonds is 2. The summed E-state index contributed by atoms with van der Waals surface area (Å²) in [6.07, 6.45) is 0.994. The molecule has 6 fully saturated rings. The standard InChI is InChI=1S/C28H32O10/c1-13(29)35-18-19-24(2,3)37-16-10-17(30)34-12-27(16,19)15-6-8-25(4)21(14-7-9-33-11-14)36-23(32)22-28(25,38-22)26(15,5)20(18)31/h7,9,11,15-16,18-19,21-22H,6,8,10,12H2,1-5H3/t15-,16-,18-,19+,21-,22?,25-,26-,27-,28?/m0/s1. The molecule has 38 heavy (non-hydrogen) atoms. The molecule has 2 saturated carbocycles. The number of ether oxygens (including phenoxy) is 5. The van der Waals surface area contributed by atoms with Crippen LogP contribution in [-0.2, 0) is 42.9 Å². The highest BCUT2D eigenvalue weighted by atomic mass is 16.7. The normalized spacial score (nSPS) is 49.9. The lowest BCUT2D eigenvalue weighted by Gasteiger charge is -2.65. The summed E-state index contributed by atoms with van der Waals surface area (Å²) in [4.78, 5) is 53.0. The van der Waals surface area contributed by atoms with Gasteiger partial charge in [0.25, 0.3) is 0 Å². The molecule has 0 aromatic carbocycles. The van der Waals surface area contributed by atoms with Crippen LogP contribution < -0.4 is 0 Å². The minimum absolute atomic E-state index is 0.0434. The first kappa shape index (κ1) is 24.3. The minimum Gasteiger partial charge on any atom is -0.472 e. The molecule has 5 heterocycles. The third-order valence-electron chi connectivity index (χ3n) is 11.0. The predicted octanol–water partition coefficient (Wildman–Crippen LogP) is 2.68. The zero-order valence-corrected chi connectivity index (χ0v) is 22.1. The highest BCUT2D eigenvalue weighted by molar-refractivity contribution is 5.97. The SMILES string of the molecule is CC(=O)O[C@@H]1C(=O)[C@]2(C)[C@H](CC[C@@]3(C)[C@H](c4ccoc4)OC(=O)C4OC432)[C@@]23COC(=O)C[C@@H]2OC(C)(C)[C@@H]13. The largest absolute Gasteiger partial charge is 0.472 e. The van der Waals surface area contributed by atoms with E-state index in [2.05, 4.69) is 0 Å². The Bertz CT molecular complexity index is 1270. The zero-order valence-electron chi connectivity index (χ0n) is 22.1. The molecule has 7 rings (SSSR count). The molecule has 2 spiro atoms. The summed E-state index contributed by atoms with van der Waals surface area (Å²) in [5.74, 6) is -2.65. The number of carbonyl (C=O) groups is 4. The summed E-state index contributed by atoms with van der Waals surface area (Å²) in [6.45, 7) is 8.93. The molecule has 0 N–H and O–H groups in total. The summed E-state index contributed by atoms with van der Waals surface area (Å²) >= 11 is 0. The summed E-state index contributed by atoms with van der Waals surface area (Å²) in [5, 5.41) is 0. The Kier molecular flexibility index (Phi) is 4.53. The Hall–Kier alpha value is -2.72. The number of furan rings is 1. The van der Waals surface area contributed by atoms with Crippen LogP contribution in [0.25, 0.3) is 0 Å². The number of fused-ring (bicyclic) bond motifs is 1.